The Bertz CT molecular complexity index is 1610. The Morgan fingerprint density at radius 1 is 0.771 bits per heavy atom. The molecule has 2 aliphatic heterocycles. The van der Waals surface area contributed by atoms with Crippen molar-refractivity contribution in [1.29, 1.82) is 0 Å². The van der Waals surface area contributed by atoms with E-state index >= 15 is 0 Å². The van der Waals surface area contributed by atoms with Crippen LogP contribution in [0.25, 0.3) is 0 Å². The van der Waals surface area contributed by atoms with E-state index in [0.717, 1.165) is 6.08 Å². The van der Waals surface area contributed by atoms with Gasteiger partial charge in [0.25, 0.3) is 5.91 Å². The van der Waals surface area contributed by atoms with Crippen molar-refractivity contribution in [3.8, 4) is 5.75 Å². The van der Waals surface area contributed by atoms with Crippen molar-refractivity contribution in [3.63, 3.8) is 0 Å². The van der Waals surface area contributed by atoms with E-state index in [1.807, 2.05) is 0 Å². The third-order valence-electron chi connectivity index (χ3n) is 9.86. The van der Waals surface area contributed by atoms with Gasteiger partial charge in [-0.25, -0.2) is 0 Å². The standard InChI is InChI=1S/C37H49NO10/c1-16-12-11-13-17(2)36(46)38-27-20(5)32(43)25-24(33(27)44)14-18(3)34(48-10)26(25)29(40)19(4)15-37(9,47)35(45)23(8)31(42)22(7)30(41)21(6)28(16)39/h11-16,21-23,28,30-31,35,39,41-42,45,47H,1-10H3,(H,38,46)/t16-,21-,22-,23+,28-,30-,31+,35-,37-/m1/s1. The zero-order valence-corrected chi connectivity index (χ0v) is 29.3. The van der Waals surface area contributed by atoms with E-state index in [9.17, 15) is 44.7 Å². The molecule has 1 aromatic rings. The van der Waals surface area contributed by atoms with E-state index in [1.165, 1.54) is 53.9 Å². The summed E-state index contributed by atoms with van der Waals surface area (Å²) in [6.45, 7) is 13.5. The number of ketones is 3. The minimum atomic E-state index is -2.08. The number of rotatable bonds is 1. The lowest BCUT2D eigenvalue weighted by molar-refractivity contribution is -0.116. The van der Waals surface area contributed by atoms with Gasteiger partial charge in [-0.05, 0) is 57.9 Å². The number of amides is 1. The first-order valence-electron chi connectivity index (χ1n) is 16.1. The van der Waals surface area contributed by atoms with Crippen LogP contribution >= 0.6 is 0 Å². The molecule has 11 nitrogen and oxygen atoms in total. The Labute approximate surface area is 281 Å². The van der Waals surface area contributed by atoms with Crippen LogP contribution in [0.3, 0.4) is 0 Å². The number of carbonyl (C=O) groups is 4. The van der Waals surface area contributed by atoms with Gasteiger partial charge in [-0.3, -0.25) is 19.2 Å². The average molecular weight is 668 g/mol. The molecule has 4 rings (SSSR count). The SMILES string of the molecule is COc1c(C)cc2c3c1C(=O)C(C)=C[C@@](C)(O)[C@H](O)[C@@H](C)[C@@H](O)[C@H](C)[C@H](O)[C@H](C)[C@H](O)[C@H](C)C=CC=C(C)C(=O)NC(=C(C)C3=O)C2=O. The molecule has 0 fully saturated rings. The second kappa shape index (κ2) is 14.8. The summed E-state index contributed by atoms with van der Waals surface area (Å²) < 4.78 is 5.53. The van der Waals surface area contributed by atoms with Crippen molar-refractivity contribution in [2.75, 3.05) is 7.11 Å². The molecule has 6 N–H and O–H groups in total. The molecular weight excluding hydrogens is 618 g/mol. The van der Waals surface area contributed by atoms with E-state index in [2.05, 4.69) is 5.32 Å². The minimum absolute atomic E-state index is 0.0429. The van der Waals surface area contributed by atoms with E-state index in [4.69, 9.17) is 4.74 Å². The Hall–Kier alpha value is -3.74. The Morgan fingerprint density at radius 3 is 1.92 bits per heavy atom. The zero-order valence-electron chi connectivity index (χ0n) is 29.3. The maximum absolute atomic E-state index is 14.1. The van der Waals surface area contributed by atoms with Gasteiger partial charge in [-0.1, -0.05) is 45.9 Å². The quantitative estimate of drug-likeness (QED) is 0.259. The number of hydrogen-bond acceptors (Lipinski definition) is 10. The lowest BCUT2D eigenvalue weighted by atomic mass is 9.76. The molecule has 2 heterocycles. The molecule has 1 aliphatic carbocycles. The molecule has 0 saturated heterocycles. The van der Waals surface area contributed by atoms with Gasteiger partial charge in [0.15, 0.2) is 11.6 Å². The first-order valence-corrected chi connectivity index (χ1v) is 16.1. The zero-order chi connectivity index (χ0) is 36.6. The van der Waals surface area contributed by atoms with Crippen LogP contribution in [-0.2, 0) is 4.79 Å². The van der Waals surface area contributed by atoms with Crippen molar-refractivity contribution < 1.29 is 49.4 Å². The summed E-state index contributed by atoms with van der Waals surface area (Å²) in [7, 11) is 1.31. The van der Waals surface area contributed by atoms with Crippen LogP contribution < -0.4 is 10.1 Å². The topological polar surface area (TPSA) is 191 Å². The van der Waals surface area contributed by atoms with Gasteiger partial charge in [0.1, 0.15) is 11.4 Å². The van der Waals surface area contributed by atoms with Crippen molar-refractivity contribution in [1.82, 2.24) is 5.32 Å². The molecule has 4 bridgehead atoms. The summed E-state index contributed by atoms with van der Waals surface area (Å²) in [5.74, 6) is -5.79. The molecule has 1 amide bonds. The number of aliphatic hydroxyl groups is 5. The van der Waals surface area contributed by atoms with Gasteiger partial charge < -0.3 is 35.6 Å². The van der Waals surface area contributed by atoms with E-state index in [0.29, 0.717) is 5.56 Å². The molecule has 9 atom stereocenters. The predicted molar refractivity (Wildman–Crippen MR) is 180 cm³/mol. The monoisotopic (exact) mass is 667 g/mol. The third-order valence-corrected chi connectivity index (χ3v) is 9.86. The summed E-state index contributed by atoms with van der Waals surface area (Å²) in [4.78, 5) is 54.9. The average Bonchev–Trinajstić information content (AvgIpc) is 3.04. The maximum Gasteiger partial charge on any atom is 0.251 e. The van der Waals surface area contributed by atoms with E-state index in [1.54, 1.807) is 39.8 Å². The van der Waals surface area contributed by atoms with E-state index in [-0.39, 0.29) is 44.9 Å². The molecule has 262 valence electrons. The number of fused-ring (bicyclic) bond motifs is 15. The Balaban J connectivity index is 2.27. The highest BCUT2D eigenvalue weighted by Crippen LogP contribution is 2.38. The Morgan fingerprint density at radius 2 is 1.33 bits per heavy atom. The van der Waals surface area contributed by atoms with Gasteiger partial charge in [0.05, 0.1) is 42.8 Å². The number of nitrogens with one attached hydrogen (secondary N) is 1. The van der Waals surface area contributed by atoms with Gasteiger partial charge in [-0.2, -0.15) is 0 Å². The van der Waals surface area contributed by atoms with Gasteiger partial charge in [0.2, 0.25) is 5.78 Å². The van der Waals surface area contributed by atoms with Crippen LogP contribution in [0, 0.1) is 30.6 Å². The largest absolute Gasteiger partial charge is 0.496 e. The van der Waals surface area contributed by atoms with Gasteiger partial charge >= 0.3 is 0 Å². The number of allylic oxidation sites excluding steroid dienone is 5. The first kappa shape index (κ1) is 38.7. The van der Waals surface area contributed by atoms with E-state index < -0.39 is 76.9 Å². The minimum Gasteiger partial charge on any atom is -0.496 e. The highest BCUT2D eigenvalue weighted by molar-refractivity contribution is 6.31. The number of ether oxygens (including phenoxy) is 1. The fraction of sp³-hybridized carbons (Fsp3) is 0.514. The second-order valence-corrected chi connectivity index (χ2v) is 13.6. The number of hydrogen-bond donors (Lipinski definition) is 6. The molecule has 0 unspecified atom stereocenters. The lowest BCUT2D eigenvalue weighted by Gasteiger charge is -2.38. The summed E-state index contributed by atoms with van der Waals surface area (Å²) >= 11 is 0. The van der Waals surface area contributed by atoms with Crippen LogP contribution in [0.5, 0.6) is 5.75 Å². The summed E-state index contributed by atoms with van der Waals surface area (Å²) in [6, 6.07) is 1.42. The fourth-order valence-electron chi connectivity index (χ4n) is 6.57. The van der Waals surface area contributed by atoms with Gasteiger partial charge in [0, 0.05) is 45.9 Å². The highest BCUT2D eigenvalue weighted by Gasteiger charge is 2.42. The molecule has 48 heavy (non-hydrogen) atoms. The summed E-state index contributed by atoms with van der Waals surface area (Å²) in [6.07, 6.45) is 0.570. The number of aliphatic hydroxyl groups excluding tert-OH is 4. The smallest absolute Gasteiger partial charge is 0.251 e. The van der Waals surface area contributed by atoms with Crippen molar-refractivity contribution in [2.45, 2.75) is 92.3 Å². The first-order chi connectivity index (χ1) is 22.2. The van der Waals surface area contributed by atoms with Crippen molar-refractivity contribution in [3.05, 3.63) is 75.0 Å². The van der Waals surface area contributed by atoms with Crippen LogP contribution in [0.4, 0.5) is 0 Å². The molecule has 0 aromatic heterocycles. The van der Waals surface area contributed by atoms with Crippen LogP contribution in [0.1, 0.15) is 92.0 Å². The predicted octanol–water partition coefficient (Wildman–Crippen LogP) is 3.16. The van der Waals surface area contributed by atoms with Crippen LogP contribution in [0.2, 0.25) is 0 Å². The molecule has 0 radical (unpaired) electrons. The molecule has 0 saturated carbocycles. The Kier molecular flexibility index (Phi) is 11.9. The molecule has 3 aliphatic rings. The summed E-state index contributed by atoms with van der Waals surface area (Å²) in [5.41, 5.74) is -2.45. The van der Waals surface area contributed by atoms with Crippen LogP contribution in [0.15, 0.2) is 52.8 Å². The number of benzene rings is 1. The third kappa shape index (κ3) is 7.30. The molecular formula is C37H49NO10. The normalized spacial score (nSPS) is 33.0. The van der Waals surface area contributed by atoms with Crippen molar-refractivity contribution in [2.24, 2.45) is 23.7 Å². The highest BCUT2D eigenvalue weighted by atomic mass is 16.5. The van der Waals surface area contributed by atoms with Gasteiger partial charge in [-0.15, -0.1) is 0 Å². The molecule has 0 spiro atoms. The lowest BCUT2D eigenvalue weighted by Crippen LogP contribution is -2.50. The number of Topliss-reactive ketones (excluding diaryl/α,β-unsaturated/α-hetero) is 3. The maximum atomic E-state index is 14.1. The second-order valence-electron chi connectivity index (χ2n) is 13.6. The number of aryl methyl sites for hydroxylation is 1. The number of carbonyl (C=O) groups excluding carboxylic acids is 4. The fourth-order valence-corrected chi connectivity index (χ4v) is 6.57. The van der Waals surface area contributed by atoms with Crippen LogP contribution in [-0.4, -0.2) is 85.9 Å². The van der Waals surface area contributed by atoms with Crippen molar-refractivity contribution >= 4 is 23.3 Å². The number of methoxy groups -OCH3 is 1. The molecule has 11 heteroatoms. The molecule has 1 aromatic carbocycles. The summed E-state index contributed by atoms with van der Waals surface area (Å²) in [5, 5.41) is 58.5.